The fourth-order valence-corrected chi connectivity index (χ4v) is 2.54. The third kappa shape index (κ3) is 1.86. The van der Waals surface area contributed by atoms with E-state index in [-0.39, 0.29) is 0 Å². The average molecular weight is 251 g/mol. The molecule has 5 heteroatoms. The van der Waals surface area contributed by atoms with Gasteiger partial charge in [0, 0.05) is 12.7 Å². The lowest BCUT2D eigenvalue weighted by molar-refractivity contribution is 0.612. The van der Waals surface area contributed by atoms with E-state index in [0.717, 1.165) is 25.2 Å². The molecule has 0 aliphatic heterocycles. The van der Waals surface area contributed by atoms with Crippen LogP contribution in [0.1, 0.15) is 30.1 Å². The summed E-state index contributed by atoms with van der Waals surface area (Å²) < 4.78 is 4.12. The fourth-order valence-electron chi connectivity index (χ4n) is 2.39. The minimum Gasteiger partial charge on any atom is -0.327 e. The SMILES string of the molecule is Cn1c(Cl)cnc1Cn1cnc2c1CCCC2. The van der Waals surface area contributed by atoms with Crippen molar-refractivity contribution in [3.8, 4) is 0 Å². The van der Waals surface area contributed by atoms with E-state index in [2.05, 4.69) is 14.5 Å². The molecule has 0 amide bonds. The molecule has 90 valence electrons. The molecule has 0 bridgehead atoms. The largest absolute Gasteiger partial charge is 0.327 e. The van der Waals surface area contributed by atoms with Crippen LogP contribution in [0.2, 0.25) is 5.15 Å². The lowest BCUT2D eigenvalue weighted by Gasteiger charge is -2.13. The molecule has 0 aromatic carbocycles. The van der Waals surface area contributed by atoms with Gasteiger partial charge in [-0.15, -0.1) is 0 Å². The van der Waals surface area contributed by atoms with Crippen LogP contribution in [-0.4, -0.2) is 19.1 Å². The van der Waals surface area contributed by atoms with Crippen molar-refractivity contribution in [1.82, 2.24) is 19.1 Å². The Balaban J connectivity index is 1.90. The molecule has 0 atom stereocenters. The molecule has 2 aromatic rings. The maximum atomic E-state index is 5.99. The van der Waals surface area contributed by atoms with Crippen LogP contribution in [0, 0.1) is 0 Å². The van der Waals surface area contributed by atoms with E-state index in [1.54, 1.807) is 6.20 Å². The molecule has 0 unspecified atom stereocenters. The Morgan fingerprint density at radius 1 is 1.29 bits per heavy atom. The van der Waals surface area contributed by atoms with Crippen molar-refractivity contribution in [2.75, 3.05) is 0 Å². The molecule has 0 spiro atoms. The van der Waals surface area contributed by atoms with Gasteiger partial charge in [0.15, 0.2) is 0 Å². The van der Waals surface area contributed by atoms with Crippen LogP contribution in [0.5, 0.6) is 0 Å². The number of imidazole rings is 2. The number of rotatable bonds is 2. The van der Waals surface area contributed by atoms with Crippen LogP contribution in [-0.2, 0) is 26.4 Å². The van der Waals surface area contributed by atoms with Crippen molar-refractivity contribution in [2.45, 2.75) is 32.2 Å². The Morgan fingerprint density at radius 2 is 2.12 bits per heavy atom. The first kappa shape index (κ1) is 10.8. The van der Waals surface area contributed by atoms with E-state index in [9.17, 15) is 0 Å². The van der Waals surface area contributed by atoms with Crippen LogP contribution in [0.4, 0.5) is 0 Å². The summed E-state index contributed by atoms with van der Waals surface area (Å²) in [6.45, 7) is 0.756. The first-order chi connectivity index (χ1) is 8.25. The third-order valence-corrected chi connectivity index (χ3v) is 3.80. The van der Waals surface area contributed by atoms with Crippen LogP contribution in [0.25, 0.3) is 0 Å². The maximum absolute atomic E-state index is 5.99. The summed E-state index contributed by atoms with van der Waals surface area (Å²) in [5.74, 6) is 0.973. The van der Waals surface area contributed by atoms with Crippen molar-refractivity contribution >= 4 is 11.6 Å². The molecule has 3 rings (SSSR count). The van der Waals surface area contributed by atoms with Gasteiger partial charge in [0.05, 0.1) is 24.8 Å². The van der Waals surface area contributed by atoms with Gasteiger partial charge in [-0.1, -0.05) is 11.6 Å². The van der Waals surface area contributed by atoms with Crippen molar-refractivity contribution in [2.24, 2.45) is 7.05 Å². The lowest BCUT2D eigenvalue weighted by atomic mass is 10.0. The average Bonchev–Trinajstić information content (AvgIpc) is 2.89. The predicted octanol–water partition coefficient (Wildman–Crippen LogP) is 2.20. The summed E-state index contributed by atoms with van der Waals surface area (Å²) in [7, 11) is 1.94. The predicted molar refractivity (Wildman–Crippen MR) is 66.2 cm³/mol. The van der Waals surface area contributed by atoms with Crippen molar-refractivity contribution < 1.29 is 0 Å². The van der Waals surface area contributed by atoms with Crippen molar-refractivity contribution in [3.63, 3.8) is 0 Å². The van der Waals surface area contributed by atoms with Gasteiger partial charge in [-0.2, -0.15) is 0 Å². The van der Waals surface area contributed by atoms with Gasteiger partial charge >= 0.3 is 0 Å². The highest BCUT2D eigenvalue weighted by Gasteiger charge is 2.16. The molecular formula is C12H15ClN4. The third-order valence-electron chi connectivity index (χ3n) is 3.45. The summed E-state index contributed by atoms with van der Waals surface area (Å²) in [6.07, 6.45) is 8.40. The fraction of sp³-hybridized carbons (Fsp3) is 0.500. The van der Waals surface area contributed by atoms with Gasteiger partial charge in [0.2, 0.25) is 0 Å². The van der Waals surface area contributed by atoms with E-state index in [0.29, 0.717) is 5.15 Å². The molecule has 0 fully saturated rings. The smallest absolute Gasteiger partial charge is 0.129 e. The molecule has 0 N–H and O–H groups in total. The van der Waals surface area contributed by atoms with E-state index in [1.807, 2.05) is 17.9 Å². The monoisotopic (exact) mass is 250 g/mol. The van der Waals surface area contributed by atoms with Crippen molar-refractivity contribution in [3.05, 3.63) is 34.9 Å². The maximum Gasteiger partial charge on any atom is 0.129 e. The molecule has 1 aliphatic rings. The summed E-state index contributed by atoms with van der Waals surface area (Å²) in [5.41, 5.74) is 2.63. The number of nitrogens with zero attached hydrogens (tertiary/aromatic N) is 4. The second kappa shape index (κ2) is 4.18. The van der Waals surface area contributed by atoms with Crippen LogP contribution >= 0.6 is 11.6 Å². The Kier molecular flexibility index (Phi) is 2.67. The van der Waals surface area contributed by atoms with E-state index in [1.165, 1.54) is 24.2 Å². The molecule has 2 aromatic heterocycles. The molecule has 0 saturated heterocycles. The quantitative estimate of drug-likeness (QED) is 0.819. The van der Waals surface area contributed by atoms with Crippen molar-refractivity contribution in [1.29, 1.82) is 0 Å². The number of aryl methyl sites for hydroxylation is 1. The Hall–Kier alpha value is -1.29. The minimum atomic E-state index is 0.675. The highest BCUT2D eigenvalue weighted by Crippen LogP contribution is 2.21. The van der Waals surface area contributed by atoms with Gasteiger partial charge in [-0.05, 0) is 25.7 Å². The molecule has 17 heavy (non-hydrogen) atoms. The van der Waals surface area contributed by atoms with Crippen LogP contribution < -0.4 is 0 Å². The molecule has 0 radical (unpaired) electrons. The minimum absolute atomic E-state index is 0.675. The molecule has 0 saturated carbocycles. The number of aromatic nitrogens is 4. The molecule has 1 aliphatic carbocycles. The van der Waals surface area contributed by atoms with Crippen LogP contribution in [0.3, 0.4) is 0 Å². The van der Waals surface area contributed by atoms with Gasteiger partial charge in [-0.3, -0.25) is 0 Å². The number of fused-ring (bicyclic) bond motifs is 1. The summed E-state index contributed by atoms with van der Waals surface area (Å²) >= 11 is 5.99. The Bertz CT molecular complexity index is 541. The number of hydrogen-bond acceptors (Lipinski definition) is 2. The van der Waals surface area contributed by atoms with Gasteiger partial charge < -0.3 is 9.13 Å². The summed E-state index contributed by atoms with van der Waals surface area (Å²) in [5, 5.41) is 0.675. The van der Waals surface area contributed by atoms with Gasteiger partial charge in [-0.25, -0.2) is 9.97 Å². The topological polar surface area (TPSA) is 35.6 Å². The van der Waals surface area contributed by atoms with Gasteiger partial charge in [0.25, 0.3) is 0 Å². The molecule has 2 heterocycles. The van der Waals surface area contributed by atoms with E-state index < -0.39 is 0 Å². The molecular weight excluding hydrogens is 236 g/mol. The summed E-state index contributed by atoms with van der Waals surface area (Å²) in [6, 6.07) is 0. The normalized spacial score (nSPS) is 14.9. The zero-order valence-corrected chi connectivity index (χ0v) is 10.6. The van der Waals surface area contributed by atoms with Crippen LogP contribution in [0.15, 0.2) is 12.5 Å². The Morgan fingerprint density at radius 3 is 2.88 bits per heavy atom. The Labute approximate surface area is 105 Å². The standard InChI is InChI=1S/C12H15ClN4/c1-16-11(13)6-14-12(16)7-17-8-15-9-4-2-3-5-10(9)17/h6,8H,2-5,7H2,1H3. The summed E-state index contributed by atoms with van der Waals surface area (Å²) in [4.78, 5) is 8.80. The van der Waals surface area contributed by atoms with E-state index >= 15 is 0 Å². The van der Waals surface area contributed by atoms with Gasteiger partial charge in [0.1, 0.15) is 11.0 Å². The number of halogens is 1. The second-order valence-electron chi connectivity index (χ2n) is 4.53. The second-order valence-corrected chi connectivity index (χ2v) is 4.92. The first-order valence-electron chi connectivity index (χ1n) is 5.94. The highest BCUT2D eigenvalue weighted by atomic mass is 35.5. The first-order valence-corrected chi connectivity index (χ1v) is 6.32. The zero-order valence-electron chi connectivity index (χ0n) is 9.86. The zero-order chi connectivity index (χ0) is 11.8. The highest BCUT2D eigenvalue weighted by molar-refractivity contribution is 6.29. The lowest BCUT2D eigenvalue weighted by Crippen LogP contribution is -2.11. The molecule has 4 nitrogen and oxygen atoms in total. The number of hydrogen-bond donors (Lipinski definition) is 0. The van der Waals surface area contributed by atoms with E-state index in [4.69, 9.17) is 11.6 Å².